The van der Waals surface area contributed by atoms with Gasteiger partial charge in [-0.25, -0.2) is 4.39 Å². The molecule has 2 N–H and O–H groups in total. The molecule has 0 radical (unpaired) electrons. The van der Waals surface area contributed by atoms with Gasteiger partial charge in [0.25, 0.3) is 5.91 Å². The van der Waals surface area contributed by atoms with Crippen LogP contribution in [0.15, 0.2) is 41.3 Å². The van der Waals surface area contributed by atoms with Crippen LogP contribution in [0.3, 0.4) is 0 Å². The van der Waals surface area contributed by atoms with Gasteiger partial charge in [-0.3, -0.25) is 14.4 Å². The van der Waals surface area contributed by atoms with Gasteiger partial charge in [0.1, 0.15) is 31.4 Å². The Kier molecular flexibility index (Phi) is 8.21. The fourth-order valence-corrected chi connectivity index (χ4v) is 5.88. The van der Waals surface area contributed by atoms with Crippen LogP contribution >= 0.6 is 11.8 Å². The van der Waals surface area contributed by atoms with E-state index in [9.17, 15) is 18.8 Å². The molecule has 3 aliphatic rings. The quantitative estimate of drug-likeness (QED) is 0.572. The number of hydrogen-bond donors (Lipinski definition) is 2. The number of carbonyl (C=O) groups is 3. The molecule has 9 nitrogen and oxygen atoms in total. The first kappa shape index (κ1) is 26.1. The lowest BCUT2D eigenvalue weighted by atomic mass is 10.1. The zero-order valence-electron chi connectivity index (χ0n) is 20.9. The van der Waals surface area contributed by atoms with E-state index in [4.69, 9.17) is 14.2 Å². The highest BCUT2D eigenvalue weighted by Gasteiger charge is 2.38. The van der Waals surface area contributed by atoms with Crippen molar-refractivity contribution in [2.24, 2.45) is 0 Å². The van der Waals surface area contributed by atoms with Gasteiger partial charge < -0.3 is 29.7 Å². The SMILES string of the molecule is O=C1C[C@@H]2CC[C@H](CNC(=O)c3cc(F)ccc3OCCN1)N2C(=O)CCSc1ccc2c(c1)OCCO2. The summed E-state index contributed by atoms with van der Waals surface area (Å²) in [4.78, 5) is 41.7. The average molecular weight is 544 g/mol. The molecule has 1 fully saturated rings. The normalized spacial score (nSPS) is 21.4. The molecule has 0 saturated carbocycles. The maximum Gasteiger partial charge on any atom is 0.255 e. The highest BCUT2D eigenvalue weighted by atomic mass is 32.2. The van der Waals surface area contributed by atoms with Gasteiger partial charge in [-0.15, -0.1) is 11.8 Å². The standard InChI is InChI=1S/C27H30FN3O6S/c28-17-1-5-22-21(13-17)27(34)30-16-19-3-2-18(14-25(32)29-8-9-35-22)31(19)26(33)7-12-38-20-4-6-23-24(15-20)37-11-10-36-23/h1,4-6,13,15,18-19H,2-3,7-12,14,16H2,(H,29,32)(H,30,34)/t18-,19+/m0/s1. The third-order valence-electron chi connectivity index (χ3n) is 6.79. The van der Waals surface area contributed by atoms with Crippen molar-refractivity contribution in [3.8, 4) is 17.2 Å². The predicted molar refractivity (Wildman–Crippen MR) is 138 cm³/mol. The predicted octanol–water partition coefficient (Wildman–Crippen LogP) is 2.77. The molecule has 0 aliphatic carbocycles. The molecule has 0 spiro atoms. The smallest absolute Gasteiger partial charge is 0.255 e. The Morgan fingerprint density at radius 1 is 0.947 bits per heavy atom. The maximum atomic E-state index is 13.9. The largest absolute Gasteiger partial charge is 0.491 e. The molecule has 2 bridgehead atoms. The van der Waals surface area contributed by atoms with Crippen molar-refractivity contribution in [3.05, 3.63) is 47.8 Å². The number of fused-ring (bicyclic) bond motifs is 4. The van der Waals surface area contributed by atoms with Gasteiger partial charge in [-0.05, 0) is 49.2 Å². The molecule has 0 aromatic heterocycles. The number of amides is 3. The number of carbonyl (C=O) groups excluding carboxylic acids is 3. The van der Waals surface area contributed by atoms with Gasteiger partial charge in [0, 0.05) is 42.1 Å². The molecule has 1 saturated heterocycles. The maximum absolute atomic E-state index is 13.9. The summed E-state index contributed by atoms with van der Waals surface area (Å²) in [6.45, 7) is 1.60. The molecule has 0 unspecified atom stereocenters. The van der Waals surface area contributed by atoms with Gasteiger partial charge >= 0.3 is 0 Å². The molecule has 3 aliphatic heterocycles. The molecule has 3 amide bonds. The summed E-state index contributed by atoms with van der Waals surface area (Å²) < 4.78 is 30.7. The van der Waals surface area contributed by atoms with E-state index in [-0.39, 0.29) is 67.7 Å². The summed E-state index contributed by atoms with van der Waals surface area (Å²) in [5.74, 6) is 0.969. The Morgan fingerprint density at radius 3 is 2.58 bits per heavy atom. The first-order valence-electron chi connectivity index (χ1n) is 12.8. The summed E-state index contributed by atoms with van der Waals surface area (Å²) in [6.07, 6.45) is 1.79. The van der Waals surface area contributed by atoms with Crippen molar-refractivity contribution in [1.29, 1.82) is 0 Å². The van der Waals surface area contributed by atoms with Crippen LogP contribution in [0.25, 0.3) is 0 Å². The number of benzene rings is 2. The minimum absolute atomic E-state index is 0.0635. The van der Waals surface area contributed by atoms with Crippen molar-refractivity contribution in [1.82, 2.24) is 15.5 Å². The van der Waals surface area contributed by atoms with Gasteiger partial charge in [-0.2, -0.15) is 0 Å². The van der Waals surface area contributed by atoms with Gasteiger partial charge in [0.15, 0.2) is 11.5 Å². The van der Waals surface area contributed by atoms with Crippen molar-refractivity contribution >= 4 is 29.5 Å². The molecule has 2 aromatic carbocycles. The number of thioether (sulfide) groups is 1. The van der Waals surface area contributed by atoms with Crippen LogP contribution < -0.4 is 24.8 Å². The second kappa shape index (κ2) is 11.9. The Hall–Kier alpha value is -3.47. The lowest BCUT2D eigenvalue weighted by Gasteiger charge is -2.31. The Morgan fingerprint density at radius 2 is 1.71 bits per heavy atom. The fourth-order valence-electron chi connectivity index (χ4n) is 5.02. The monoisotopic (exact) mass is 543 g/mol. The van der Waals surface area contributed by atoms with E-state index in [1.54, 1.807) is 16.7 Å². The minimum atomic E-state index is -0.551. The van der Waals surface area contributed by atoms with E-state index in [1.165, 1.54) is 12.1 Å². The zero-order chi connectivity index (χ0) is 26.5. The summed E-state index contributed by atoms with van der Waals surface area (Å²) >= 11 is 1.55. The first-order chi connectivity index (χ1) is 18.5. The van der Waals surface area contributed by atoms with Crippen LogP contribution in [0.2, 0.25) is 0 Å². The molecular weight excluding hydrogens is 513 g/mol. The summed E-state index contributed by atoms with van der Waals surface area (Å²) in [5.41, 5.74) is 0.0802. The number of nitrogens with one attached hydrogen (secondary N) is 2. The Labute approximate surface area is 224 Å². The van der Waals surface area contributed by atoms with E-state index in [1.807, 2.05) is 18.2 Å². The minimum Gasteiger partial charge on any atom is -0.491 e. The van der Waals surface area contributed by atoms with Crippen LogP contribution in [-0.4, -0.2) is 73.4 Å². The van der Waals surface area contributed by atoms with E-state index in [0.29, 0.717) is 37.6 Å². The van der Waals surface area contributed by atoms with Crippen molar-refractivity contribution in [3.63, 3.8) is 0 Å². The lowest BCUT2D eigenvalue weighted by molar-refractivity contribution is -0.134. The van der Waals surface area contributed by atoms with Crippen LogP contribution in [0.4, 0.5) is 4.39 Å². The molecule has 11 heteroatoms. The summed E-state index contributed by atoms with van der Waals surface area (Å²) in [6, 6.07) is 8.97. The van der Waals surface area contributed by atoms with E-state index < -0.39 is 11.7 Å². The molecule has 202 valence electrons. The number of hydrogen-bond acceptors (Lipinski definition) is 7. The number of ether oxygens (including phenoxy) is 3. The average Bonchev–Trinajstić information content (AvgIpc) is 3.31. The first-order valence-corrected chi connectivity index (χ1v) is 13.8. The third-order valence-corrected chi connectivity index (χ3v) is 7.79. The van der Waals surface area contributed by atoms with E-state index in [0.717, 1.165) is 16.7 Å². The number of rotatable bonds is 4. The summed E-state index contributed by atoms with van der Waals surface area (Å²) in [5, 5.41) is 5.66. The van der Waals surface area contributed by atoms with Crippen molar-refractivity contribution in [2.45, 2.75) is 42.7 Å². The summed E-state index contributed by atoms with van der Waals surface area (Å²) in [7, 11) is 0. The van der Waals surface area contributed by atoms with Gasteiger partial charge in [-0.1, -0.05) is 0 Å². The molecule has 5 rings (SSSR count). The number of nitrogens with zero attached hydrogens (tertiary/aromatic N) is 1. The molecule has 2 aromatic rings. The van der Waals surface area contributed by atoms with Crippen LogP contribution in [-0.2, 0) is 9.59 Å². The highest BCUT2D eigenvalue weighted by Crippen LogP contribution is 2.35. The van der Waals surface area contributed by atoms with Crippen molar-refractivity contribution < 1.29 is 33.0 Å². The van der Waals surface area contributed by atoms with Crippen molar-refractivity contribution in [2.75, 3.05) is 38.7 Å². The van der Waals surface area contributed by atoms with Crippen LogP contribution in [0.5, 0.6) is 17.2 Å². The Balaban J connectivity index is 1.26. The van der Waals surface area contributed by atoms with Crippen LogP contribution in [0.1, 0.15) is 36.0 Å². The molecule has 38 heavy (non-hydrogen) atoms. The lowest BCUT2D eigenvalue weighted by Crippen LogP contribution is -2.48. The van der Waals surface area contributed by atoms with Gasteiger partial charge in [0.2, 0.25) is 11.8 Å². The molecule has 3 heterocycles. The van der Waals surface area contributed by atoms with E-state index in [2.05, 4.69) is 10.6 Å². The third kappa shape index (κ3) is 6.15. The van der Waals surface area contributed by atoms with Gasteiger partial charge in [0.05, 0.1) is 12.1 Å². The second-order valence-corrected chi connectivity index (χ2v) is 10.5. The molecule has 2 atom stereocenters. The highest BCUT2D eigenvalue weighted by molar-refractivity contribution is 7.99. The second-order valence-electron chi connectivity index (χ2n) is 9.34. The van der Waals surface area contributed by atoms with E-state index >= 15 is 0 Å². The van der Waals surface area contributed by atoms with Crippen LogP contribution in [0, 0.1) is 5.82 Å². The fraction of sp³-hybridized carbons (Fsp3) is 0.444. The number of halogens is 1. The molecular formula is C27H30FN3O6S. The zero-order valence-corrected chi connectivity index (χ0v) is 21.7. The topological polar surface area (TPSA) is 106 Å². The Bertz CT molecular complexity index is 1210.